The van der Waals surface area contributed by atoms with E-state index in [0.717, 1.165) is 21.8 Å². The molecule has 1 unspecified atom stereocenters. The van der Waals surface area contributed by atoms with Gasteiger partial charge < -0.3 is 9.64 Å². The molecular formula is C22H22N4O3S. The fourth-order valence-corrected chi connectivity index (χ4v) is 4.44. The van der Waals surface area contributed by atoms with Gasteiger partial charge in [-0.2, -0.15) is 0 Å². The minimum absolute atomic E-state index is 0.0433. The van der Waals surface area contributed by atoms with Crippen LogP contribution in [0.2, 0.25) is 0 Å². The first-order valence-electron chi connectivity index (χ1n) is 9.60. The third-order valence-electron chi connectivity index (χ3n) is 4.99. The molecular weight excluding hydrogens is 400 g/mol. The van der Waals surface area contributed by atoms with Gasteiger partial charge in [-0.25, -0.2) is 0 Å². The Morgan fingerprint density at radius 1 is 1.17 bits per heavy atom. The summed E-state index contributed by atoms with van der Waals surface area (Å²) in [6.07, 6.45) is 0.380. The lowest BCUT2D eigenvalue weighted by molar-refractivity contribution is -0.117. The van der Waals surface area contributed by atoms with Crippen LogP contribution < -0.4 is 15.0 Å². The lowest BCUT2D eigenvalue weighted by Gasteiger charge is -2.17. The summed E-state index contributed by atoms with van der Waals surface area (Å²) in [5.74, 6) is 0.355. The van der Waals surface area contributed by atoms with Crippen molar-refractivity contribution < 1.29 is 14.3 Å². The van der Waals surface area contributed by atoms with Gasteiger partial charge in [0.15, 0.2) is 0 Å². The normalized spacial score (nSPS) is 16.0. The number of benzene rings is 2. The van der Waals surface area contributed by atoms with E-state index in [1.54, 1.807) is 36.3 Å². The van der Waals surface area contributed by atoms with Crippen molar-refractivity contribution in [1.29, 1.82) is 0 Å². The zero-order valence-corrected chi connectivity index (χ0v) is 17.8. The molecule has 0 aliphatic carbocycles. The van der Waals surface area contributed by atoms with Crippen LogP contribution in [0.3, 0.4) is 0 Å². The molecule has 8 heteroatoms. The monoisotopic (exact) mass is 422 g/mol. The van der Waals surface area contributed by atoms with Crippen LogP contribution in [-0.2, 0) is 4.79 Å². The number of amides is 2. The summed E-state index contributed by atoms with van der Waals surface area (Å²) in [5.41, 5.74) is 3.64. The number of rotatable bonds is 5. The molecule has 1 atom stereocenters. The highest BCUT2D eigenvalue weighted by atomic mass is 32.1. The standard InChI is InChI=1S/C22H22N4O3S/c1-13-7-14(2)9-17(8-13)26-12-16(11-19(26)27)21-24-25-22(30-21)23-20(28)15-5-4-6-18(10-15)29-3/h4-10,16H,11-12H2,1-3H3,(H,23,25,28). The summed E-state index contributed by atoms with van der Waals surface area (Å²) in [7, 11) is 1.55. The highest BCUT2D eigenvalue weighted by molar-refractivity contribution is 7.15. The Hall–Kier alpha value is -3.26. The van der Waals surface area contributed by atoms with Crippen LogP contribution >= 0.6 is 11.3 Å². The lowest BCUT2D eigenvalue weighted by Crippen LogP contribution is -2.24. The first kappa shape index (κ1) is 20.0. The molecule has 1 N–H and O–H groups in total. The molecule has 3 aromatic rings. The highest BCUT2D eigenvalue weighted by Crippen LogP contribution is 2.35. The van der Waals surface area contributed by atoms with Gasteiger partial charge in [0, 0.05) is 30.1 Å². The first-order valence-corrected chi connectivity index (χ1v) is 10.4. The Morgan fingerprint density at radius 3 is 2.67 bits per heavy atom. The lowest BCUT2D eigenvalue weighted by atomic mass is 10.1. The summed E-state index contributed by atoms with van der Waals surface area (Å²) in [4.78, 5) is 26.9. The van der Waals surface area contributed by atoms with Crippen molar-refractivity contribution in [2.45, 2.75) is 26.2 Å². The van der Waals surface area contributed by atoms with E-state index in [4.69, 9.17) is 4.74 Å². The predicted molar refractivity (Wildman–Crippen MR) is 116 cm³/mol. The van der Waals surface area contributed by atoms with Crippen molar-refractivity contribution in [2.75, 3.05) is 23.9 Å². The average Bonchev–Trinajstić information content (AvgIpc) is 3.33. The number of methoxy groups -OCH3 is 1. The minimum atomic E-state index is -0.282. The molecule has 1 fully saturated rings. The van der Waals surface area contributed by atoms with Crippen LogP contribution in [0.5, 0.6) is 5.75 Å². The van der Waals surface area contributed by atoms with E-state index in [2.05, 4.69) is 21.6 Å². The first-order chi connectivity index (χ1) is 14.4. The fraction of sp³-hybridized carbons (Fsp3) is 0.273. The van der Waals surface area contributed by atoms with Gasteiger partial charge in [0.1, 0.15) is 10.8 Å². The fourth-order valence-electron chi connectivity index (χ4n) is 3.61. The SMILES string of the molecule is COc1cccc(C(=O)Nc2nnc(C3CC(=O)N(c4cc(C)cc(C)c4)C3)s2)c1. The van der Waals surface area contributed by atoms with Crippen molar-refractivity contribution in [3.05, 3.63) is 64.2 Å². The summed E-state index contributed by atoms with van der Waals surface area (Å²) >= 11 is 1.30. The van der Waals surface area contributed by atoms with Gasteiger partial charge in [-0.3, -0.25) is 14.9 Å². The number of ether oxygens (including phenoxy) is 1. The molecule has 4 rings (SSSR count). The van der Waals surface area contributed by atoms with Crippen LogP contribution in [0.15, 0.2) is 42.5 Å². The molecule has 1 aliphatic heterocycles. The molecule has 1 aliphatic rings. The average molecular weight is 423 g/mol. The van der Waals surface area contributed by atoms with Crippen molar-refractivity contribution >= 4 is 34.0 Å². The molecule has 1 saturated heterocycles. The second-order valence-electron chi connectivity index (χ2n) is 7.38. The number of nitrogens with zero attached hydrogens (tertiary/aromatic N) is 3. The molecule has 30 heavy (non-hydrogen) atoms. The van der Waals surface area contributed by atoms with Crippen LogP contribution in [0.25, 0.3) is 0 Å². The largest absolute Gasteiger partial charge is 0.497 e. The second-order valence-corrected chi connectivity index (χ2v) is 8.39. The van der Waals surface area contributed by atoms with E-state index < -0.39 is 0 Å². The quantitative estimate of drug-likeness (QED) is 0.673. The van der Waals surface area contributed by atoms with E-state index >= 15 is 0 Å². The van der Waals surface area contributed by atoms with Crippen molar-refractivity contribution in [3.63, 3.8) is 0 Å². The van der Waals surface area contributed by atoms with Crippen LogP contribution in [0.1, 0.15) is 38.8 Å². The Labute approximate surface area is 178 Å². The van der Waals surface area contributed by atoms with E-state index in [-0.39, 0.29) is 17.7 Å². The van der Waals surface area contributed by atoms with Crippen LogP contribution in [0, 0.1) is 13.8 Å². The third-order valence-corrected chi connectivity index (χ3v) is 5.99. The maximum absolute atomic E-state index is 12.6. The van der Waals surface area contributed by atoms with E-state index in [1.807, 2.05) is 26.0 Å². The smallest absolute Gasteiger partial charge is 0.257 e. The Bertz CT molecular complexity index is 1090. The highest BCUT2D eigenvalue weighted by Gasteiger charge is 2.34. The maximum atomic E-state index is 12.6. The van der Waals surface area contributed by atoms with Crippen LogP contribution in [-0.4, -0.2) is 35.7 Å². The van der Waals surface area contributed by atoms with Gasteiger partial charge in [-0.1, -0.05) is 23.5 Å². The molecule has 2 amide bonds. The molecule has 154 valence electrons. The predicted octanol–water partition coefficient (Wildman–Crippen LogP) is 3.94. The Balaban J connectivity index is 1.46. The molecule has 2 heterocycles. The summed E-state index contributed by atoms with van der Waals surface area (Å²) in [6.45, 7) is 4.60. The Kier molecular flexibility index (Phi) is 5.50. The zero-order valence-electron chi connectivity index (χ0n) is 17.0. The van der Waals surface area contributed by atoms with Crippen molar-refractivity contribution in [2.24, 2.45) is 0 Å². The topological polar surface area (TPSA) is 84.4 Å². The zero-order chi connectivity index (χ0) is 21.3. The van der Waals surface area contributed by atoms with Crippen molar-refractivity contribution in [1.82, 2.24) is 10.2 Å². The number of carbonyl (C=O) groups excluding carboxylic acids is 2. The number of anilines is 2. The van der Waals surface area contributed by atoms with E-state index in [0.29, 0.717) is 29.4 Å². The van der Waals surface area contributed by atoms with E-state index in [1.165, 1.54) is 11.3 Å². The maximum Gasteiger partial charge on any atom is 0.257 e. The molecule has 2 aromatic carbocycles. The van der Waals surface area contributed by atoms with Gasteiger partial charge in [0.05, 0.1) is 7.11 Å². The van der Waals surface area contributed by atoms with Gasteiger partial charge >= 0.3 is 0 Å². The molecule has 1 aromatic heterocycles. The van der Waals surface area contributed by atoms with Gasteiger partial charge in [0.2, 0.25) is 11.0 Å². The van der Waals surface area contributed by atoms with Gasteiger partial charge in [-0.05, 0) is 55.3 Å². The minimum Gasteiger partial charge on any atom is -0.497 e. The molecule has 7 nitrogen and oxygen atoms in total. The third kappa shape index (κ3) is 4.18. The summed E-state index contributed by atoms with van der Waals surface area (Å²) in [5, 5.41) is 12.3. The number of aryl methyl sites for hydroxylation is 2. The van der Waals surface area contributed by atoms with Gasteiger partial charge in [-0.15, -0.1) is 10.2 Å². The molecule has 0 bridgehead atoms. The number of carbonyl (C=O) groups is 2. The molecule has 0 saturated carbocycles. The van der Waals surface area contributed by atoms with Crippen LogP contribution in [0.4, 0.5) is 10.8 Å². The molecule has 0 spiro atoms. The number of hydrogen-bond donors (Lipinski definition) is 1. The van der Waals surface area contributed by atoms with E-state index in [9.17, 15) is 9.59 Å². The summed E-state index contributed by atoms with van der Waals surface area (Å²) < 4.78 is 5.16. The number of hydrogen-bond acceptors (Lipinski definition) is 6. The summed E-state index contributed by atoms with van der Waals surface area (Å²) in [6, 6.07) is 13.0. The number of aromatic nitrogens is 2. The Morgan fingerprint density at radius 2 is 1.93 bits per heavy atom. The molecule has 0 radical (unpaired) electrons. The van der Waals surface area contributed by atoms with Gasteiger partial charge in [0.25, 0.3) is 5.91 Å². The second kappa shape index (κ2) is 8.23. The van der Waals surface area contributed by atoms with Crippen molar-refractivity contribution in [3.8, 4) is 5.75 Å². The number of nitrogens with one attached hydrogen (secondary N) is 1.